The number of hydrogen-bond acceptors (Lipinski definition) is 3. The molecule has 3 rings (SSSR count). The van der Waals surface area contributed by atoms with Gasteiger partial charge in [0.15, 0.2) is 29.1 Å². The Kier molecular flexibility index (Phi) is 7.45. The number of nitrogens with one attached hydrogen (secondary N) is 2. The van der Waals surface area contributed by atoms with Crippen LogP contribution in [0, 0.1) is 11.6 Å². The second kappa shape index (κ2) is 9.58. The minimum Gasteiger partial charge on any atom is -0.356 e. The number of nitrogens with zero attached hydrogens (tertiary/aromatic N) is 4. The van der Waals surface area contributed by atoms with E-state index in [1.807, 2.05) is 35.7 Å². The highest BCUT2D eigenvalue weighted by atomic mass is 127. The van der Waals surface area contributed by atoms with E-state index in [-0.39, 0.29) is 29.9 Å². The van der Waals surface area contributed by atoms with E-state index in [2.05, 4.69) is 25.8 Å². The van der Waals surface area contributed by atoms with Crippen LogP contribution in [0.4, 0.5) is 8.78 Å². The Morgan fingerprint density at radius 3 is 2.70 bits per heavy atom. The first-order valence-corrected chi connectivity index (χ1v) is 8.26. The molecule has 2 N–H and O–H groups in total. The smallest absolute Gasteiger partial charge is 0.191 e. The minimum absolute atomic E-state index is 0. The van der Waals surface area contributed by atoms with Crippen molar-refractivity contribution in [2.24, 2.45) is 4.99 Å². The monoisotopic (exact) mass is 486 g/mol. The maximum atomic E-state index is 13.4. The van der Waals surface area contributed by atoms with Crippen molar-refractivity contribution in [3.8, 4) is 0 Å². The Bertz CT molecular complexity index is 927. The van der Waals surface area contributed by atoms with Crippen LogP contribution >= 0.6 is 24.0 Å². The molecule has 0 aliphatic rings. The molecule has 0 aliphatic carbocycles. The zero-order chi connectivity index (χ0) is 18.5. The van der Waals surface area contributed by atoms with Gasteiger partial charge in [0.05, 0.1) is 6.54 Å². The number of benzene rings is 1. The molecular weight excluding hydrogens is 465 g/mol. The van der Waals surface area contributed by atoms with Crippen molar-refractivity contribution in [3.05, 3.63) is 65.6 Å². The molecule has 1 unspecified atom stereocenters. The standard InChI is InChI=1S/C18H20F2N6.HI/c1-12(13-6-7-14(19)15(20)9-13)10-22-18(21-2)23-11-17-25-24-16-5-3-4-8-26(16)17;/h3-9,12H,10-11H2,1-2H3,(H2,21,22,23);1H. The van der Waals surface area contributed by atoms with Crippen molar-refractivity contribution in [2.45, 2.75) is 19.4 Å². The van der Waals surface area contributed by atoms with Crippen molar-refractivity contribution in [1.82, 2.24) is 25.2 Å². The molecule has 0 saturated carbocycles. The average Bonchev–Trinajstić information content (AvgIpc) is 3.07. The largest absolute Gasteiger partial charge is 0.356 e. The summed E-state index contributed by atoms with van der Waals surface area (Å²) in [7, 11) is 1.67. The highest BCUT2D eigenvalue weighted by Crippen LogP contribution is 2.17. The predicted molar refractivity (Wildman–Crippen MR) is 111 cm³/mol. The Labute approximate surface area is 173 Å². The minimum atomic E-state index is -0.841. The van der Waals surface area contributed by atoms with Gasteiger partial charge in [-0.2, -0.15) is 0 Å². The van der Waals surface area contributed by atoms with Gasteiger partial charge in [-0.25, -0.2) is 8.78 Å². The topological polar surface area (TPSA) is 66.6 Å². The van der Waals surface area contributed by atoms with E-state index in [0.717, 1.165) is 23.1 Å². The SMILES string of the molecule is CN=C(NCc1nnc2ccccn12)NCC(C)c1ccc(F)c(F)c1.I. The van der Waals surface area contributed by atoms with Gasteiger partial charge in [-0.3, -0.25) is 9.39 Å². The number of pyridine rings is 1. The molecule has 9 heteroatoms. The van der Waals surface area contributed by atoms with Crippen LogP contribution < -0.4 is 10.6 Å². The van der Waals surface area contributed by atoms with Crippen LogP contribution in [0.5, 0.6) is 0 Å². The fourth-order valence-electron chi connectivity index (χ4n) is 2.58. The van der Waals surface area contributed by atoms with Crippen molar-refractivity contribution >= 4 is 35.6 Å². The maximum absolute atomic E-state index is 13.4. The van der Waals surface area contributed by atoms with Crippen molar-refractivity contribution in [3.63, 3.8) is 0 Å². The van der Waals surface area contributed by atoms with E-state index in [0.29, 0.717) is 19.0 Å². The van der Waals surface area contributed by atoms with E-state index < -0.39 is 11.6 Å². The first-order valence-electron chi connectivity index (χ1n) is 8.26. The summed E-state index contributed by atoms with van der Waals surface area (Å²) in [6.45, 7) is 2.90. The zero-order valence-corrected chi connectivity index (χ0v) is 17.3. The molecule has 6 nitrogen and oxygen atoms in total. The van der Waals surface area contributed by atoms with Gasteiger partial charge in [-0.05, 0) is 35.7 Å². The lowest BCUT2D eigenvalue weighted by Gasteiger charge is -2.16. The van der Waals surface area contributed by atoms with E-state index in [4.69, 9.17) is 0 Å². The van der Waals surface area contributed by atoms with Gasteiger partial charge in [0.2, 0.25) is 0 Å². The highest BCUT2D eigenvalue weighted by Gasteiger charge is 2.11. The molecule has 0 aliphatic heterocycles. The summed E-state index contributed by atoms with van der Waals surface area (Å²) in [6, 6.07) is 9.65. The Hall–Kier alpha value is -2.30. The first kappa shape index (κ1) is 21.0. The molecule has 2 aromatic heterocycles. The lowest BCUT2D eigenvalue weighted by atomic mass is 10.0. The molecule has 3 aromatic rings. The van der Waals surface area contributed by atoms with E-state index in [9.17, 15) is 8.78 Å². The van der Waals surface area contributed by atoms with Crippen LogP contribution in [-0.4, -0.2) is 34.2 Å². The maximum Gasteiger partial charge on any atom is 0.191 e. The normalized spacial score (nSPS) is 12.5. The summed E-state index contributed by atoms with van der Waals surface area (Å²) < 4.78 is 28.3. The third-order valence-corrected chi connectivity index (χ3v) is 4.11. The summed E-state index contributed by atoms with van der Waals surface area (Å²) in [6.07, 6.45) is 1.90. The number of halogens is 3. The van der Waals surface area contributed by atoms with Gasteiger partial charge in [0.1, 0.15) is 0 Å². The molecular formula is C18H21F2IN6. The van der Waals surface area contributed by atoms with Gasteiger partial charge in [0, 0.05) is 19.8 Å². The fraction of sp³-hybridized carbons (Fsp3) is 0.278. The highest BCUT2D eigenvalue weighted by molar-refractivity contribution is 14.0. The average molecular weight is 486 g/mol. The molecule has 1 atom stereocenters. The molecule has 0 spiro atoms. The number of rotatable bonds is 5. The van der Waals surface area contributed by atoms with Crippen LogP contribution in [0.25, 0.3) is 5.65 Å². The van der Waals surface area contributed by atoms with Crippen LogP contribution in [0.1, 0.15) is 24.2 Å². The number of hydrogen-bond donors (Lipinski definition) is 2. The summed E-state index contributed by atoms with van der Waals surface area (Å²) in [5.74, 6) is -0.343. The third-order valence-electron chi connectivity index (χ3n) is 4.11. The van der Waals surface area contributed by atoms with Crippen LogP contribution in [0.15, 0.2) is 47.6 Å². The lowest BCUT2D eigenvalue weighted by molar-refractivity contribution is 0.505. The molecule has 144 valence electrons. The van der Waals surface area contributed by atoms with Gasteiger partial charge >= 0.3 is 0 Å². The van der Waals surface area contributed by atoms with Gasteiger partial charge in [-0.15, -0.1) is 34.2 Å². The lowest BCUT2D eigenvalue weighted by Crippen LogP contribution is -2.39. The summed E-state index contributed by atoms with van der Waals surface area (Å²) in [5.41, 5.74) is 1.49. The van der Waals surface area contributed by atoms with Crippen molar-refractivity contribution in [1.29, 1.82) is 0 Å². The Balaban J connectivity index is 0.00000261. The van der Waals surface area contributed by atoms with Crippen LogP contribution in [0.2, 0.25) is 0 Å². The molecule has 0 amide bonds. The van der Waals surface area contributed by atoms with Gasteiger partial charge in [0.25, 0.3) is 0 Å². The molecule has 27 heavy (non-hydrogen) atoms. The van der Waals surface area contributed by atoms with Crippen LogP contribution in [0.3, 0.4) is 0 Å². The zero-order valence-electron chi connectivity index (χ0n) is 15.0. The number of guanidine groups is 1. The van der Waals surface area contributed by atoms with E-state index >= 15 is 0 Å². The summed E-state index contributed by atoms with van der Waals surface area (Å²) in [5, 5.41) is 14.6. The van der Waals surface area contributed by atoms with E-state index in [1.165, 1.54) is 6.07 Å². The van der Waals surface area contributed by atoms with Gasteiger partial charge < -0.3 is 10.6 Å². The summed E-state index contributed by atoms with van der Waals surface area (Å²) >= 11 is 0. The number of aliphatic imine (C=N–C) groups is 1. The van der Waals surface area contributed by atoms with E-state index in [1.54, 1.807) is 13.1 Å². The second-order valence-electron chi connectivity index (χ2n) is 5.93. The van der Waals surface area contributed by atoms with Crippen molar-refractivity contribution in [2.75, 3.05) is 13.6 Å². The molecule has 0 bridgehead atoms. The van der Waals surface area contributed by atoms with Crippen molar-refractivity contribution < 1.29 is 8.78 Å². The number of fused-ring (bicyclic) bond motifs is 1. The van der Waals surface area contributed by atoms with Gasteiger partial charge in [-0.1, -0.05) is 19.1 Å². The number of aromatic nitrogens is 3. The molecule has 0 radical (unpaired) electrons. The predicted octanol–water partition coefficient (Wildman–Crippen LogP) is 3.09. The molecule has 0 saturated heterocycles. The molecule has 1 aromatic carbocycles. The Morgan fingerprint density at radius 2 is 1.96 bits per heavy atom. The quantitative estimate of drug-likeness (QED) is 0.331. The Morgan fingerprint density at radius 1 is 1.15 bits per heavy atom. The summed E-state index contributed by atoms with van der Waals surface area (Å²) in [4.78, 5) is 4.17. The first-order chi connectivity index (χ1) is 12.6. The molecule has 2 heterocycles. The second-order valence-corrected chi connectivity index (χ2v) is 5.93. The molecule has 0 fully saturated rings. The fourth-order valence-corrected chi connectivity index (χ4v) is 2.58. The van der Waals surface area contributed by atoms with Crippen LogP contribution in [-0.2, 0) is 6.54 Å². The third kappa shape index (κ3) is 5.12.